The highest BCUT2D eigenvalue weighted by Gasteiger charge is 2.24. The second-order valence-corrected chi connectivity index (χ2v) is 6.86. The number of amides is 1. The Bertz CT molecular complexity index is 474. The first-order valence-corrected chi connectivity index (χ1v) is 9.53. The van der Waals surface area contributed by atoms with Gasteiger partial charge in [0.2, 0.25) is 5.91 Å². The highest BCUT2D eigenvalue weighted by atomic mass is 32.2. The molecule has 0 unspecified atom stereocenters. The van der Waals surface area contributed by atoms with E-state index in [4.69, 9.17) is 4.74 Å². The van der Waals surface area contributed by atoms with Crippen LogP contribution in [0.5, 0.6) is 0 Å². The van der Waals surface area contributed by atoms with E-state index in [1.807, 2.05) is 4.57 Å². The lowest BCUT2D eigenvalue weighted by molar-refractivity contribution is -0.131. The van der Waals surface area contributed by atoms with Crippen LogP contribution in [-0.4, -0.2) is 57.6 Å². The van der Waals surface area contributed by atoms with Crippen molar-refractivity contribution in [1.29, 1.82) is 0 Å². The number of hydrogen-bond acceptors (Lipinski definition) is 5. The molecule has 1 aromatic rings. The molecule has 1 aromatic heterocycles. The zero-order valence-electron chi connectivity index (χ0n) is 14.2. The Labute approximate surface area is 143 Å². The number of carbonyl (C=O) groups excluding carboxylic acids is 1. The molecule has 1 aliphatic rings. The average molecular weight is 340 g/mol. The Balaban J connectivity index is 1.84. The van der Waals surface area contributed by atoms with Crippen molar-refractivity contribution < 1.29 is 9.53 Å². The van der Waals surface area contributed by atoms with Gasteiger partial charge in [-0.15, -0.1) is 10.2 Å². The number of aryl methyl sites for hydroxylation is 1. The first kappa shape index (κ1) is 18.3. The predicted octanol–water partition coefficient (Wildman–Crippen LogP) is 2.59. The van der Waals surface area contributed by atoms with Crippen molar-refractivity contribution in [2.24, 2.45) is 0 Å². The summed E-state index contributed by atoms with van der Waals surface area (Å²) in [6, 6.07) is 0.432. The van der Waals surface area contributed by atoms with Crippen molar-refractivity contribution in [2.75, 3.05) is 26.0 Å². The summed E-state index contributed by atoms with van der Waals surface area (Å²) < 4.78 is 7.06. The summed E-state index contributed by atoms with van der Waals surface area (Å²) in [5.74, 6) is 0.656. The normalized spacial score (nSPS) is 15.7. The molecule has 0 N–H and O–H groups in total. The predicted molar refractivity (Wildman–Crippen MR) is 91.5 cm³/mol. The fourth-order valence-corrected chi connectivity index (χ4v) is 3.96. The van der Waals surface area contributed by atoms with Gasteiger partial charge in [0, 0.05) is 32.8 Å². The Morgan fingerprint density at radius 2 is 2.22 bits per heavy atom. The maximum Gasteiger partial charge on any atom is 0.233 e. The molecule has 6 nitrogen and oxygen atoms in total. The molecule has 0 bridgehead atoms. The van der Waals surface area contributed by atoms with Gasteiger partial charge < -0.3 is 14.2 Å². The Morgan fingerprint density at radius 1 is 1.43 bits per heavy atom. The van der Waals surface area contributed by atoms with Gasteiger partial charge in [0.15, 0.2) is 5.16 Å². The van der Waals surface area contributed by atoms with Gasteiger partial charge in [-0.1, -0.05) is 31.0 Å². The molecule has 0 radical (unpaired) electrons. The largest absolute Gasteiger partial charge is 0.385 e. The van der Waals surface area contributed by atoms with E-state index in [9.17, 15) is 4.79 Å². The van der Waals surface area contributed by atoms with Crippen molar-refractivity contribution in [3.63, 3.8) is 0 Å². The van der Waals surface area contributed by atoms with Crippen molar-refractivity contribution in [2.45, 2.75) is 63.2 Å². The minimum absolute atomic E-state index is 0.218. The van der Waals surface area contributed by atoms with Crippen molar-refractivity contribution in [3.05, 3.63) is 6.33 Å². The van der Waals surface area contributed by atoms with E-state index < -0.39 is 0 Å². The van der Waals surface area contributed by atoms with Crippen LogP contribution in [0.15, 0.2) is 11.5 Å². The quantitative estimate of drug-likeness (QED) is 0.511. The summed E-state index contributed by atoms with van der Waals surface area (Å²) in [5, 5.41) is 8.90. The molecule has 1 fully saturated rings. The zero-order valence-corrected chi connectivity index (χ0v) is 15.1. The van der Waals surface area contributed by atoms with Gasteiger partial charge in [0.25, 0.3) is 0 Å². The molecule has 7 heteroatoms. The molecule has 1 aliphatic carbocycles. The summed E-state index contributed by atoms with van der Waals surface area (Å²) in [6.07, 6.45) is 8.74. The van der Waals surface area contributed by atoms with Gasteiger partial charge in [-0.3, -0.25) is 4.79 Å². The van der Waals surface area contributed by atoms with Crippen LogP contribution in [0.25, 0.3) is 0 Å². The minimum atomic E-state index is 0.218. The highest BCUT2D eigenvalue weighted by molar-refractivity contribution is 7.99. The fraction of sp³-hybridized carbons (Fsp3) is 0.812. The van der Waals surface area contributed by atoms with Crippen LogP contribution in [-0.2, 0) is 16.1 Å². The fourth-order valence-electron chi connectivity index (χ4n) is 3.13. The minimum Gasteiger partial charge on any atom is -0.385 e. The highest BCUT2D eigenvalue weighted by Crippen LogP contribution is 2.24. The summed E-state index contributed by atoms with van der Waals surface area (Å²) in [7, 11) is 1.70. The van der Waals surface area contributed by atoms with Crippen LogP contribution in [0, 0.1) is 0 Å². The molecule has 1 saturated carbocycles. The Kier molecular flexibility index (Phi) is 7.88. The molecule has 0 atom stereocenters. The van der Waals surface area contributed by atoms with E-state index in [0.717, 1.165) is 37.5 Å². The second-order valence-electron chi connectivity index (χ2n) is 5.91. The van der Waals surface area contributed by atoms with E-state index in [1.165, 1.54) is 31.0 Å². The lowest BCUT2D eigenvalue weighted by atomic mass is 9.94. The molecule has 0 aromatic carbocycles. The Morgan fingerprint density at radius 3 is 2.91 bits per heavy atom. The van der Waals surface area contributed by atoms with Crippen LogP contribution in [0.4, 0.5) is 0 Å². The molecule has 0 aliphatic heterocycles. The van der Waals surface area contributed by atoms with Gasteiger partial charge >= 0.3 is 0 Å². The SMILES string of the molecule is CCN(C(=O)CSc1nncn1CCCOC)C1CCCCC1. The smallest absolute Gasteiger partial charge is 0.233 e. The zero-order chi connectivity index (χ0) is 16.5. The molecule has 130 valence electrons. The molecular weight excluding hydrogens is 312 g/mol. The summed E-state index contributed by atoms with van der Waals surface area (Å²) in [5.41, 5.74) is 0. The number of hydrogen-bond donors (Lipinski definition) is 0. The monoisotopic (exact) mass is 340 g/mol. The maximum absolute atomic E-state index is 12.6. The molecule has 2 rings (SSSR count). The number of rotatable bonds is 9. The lowest BCUT2D eigenvalue weighted by Gasteiger charge is -2.33. The van der Waals surface area contributed by atoms with Gasteiger partial charge in [-0.05, 0) is 26.2 Å². The van der Waals surface area contributed by atoms with Crippen LogP contribution < -0.4 is 0 Å². The van der Waals surface area contributed by atoms with Crippen LogP contribution >= 0.6 is 11.8 Å². The average Bonchev–Trinajstić information content (AvgIpc) is 3.02. The summed E-state index contributed by atoms with van der Waals surface area (Å²) in [4.78, 5) is 14.6. The van der Waals surface area contributed by atoms with Crippen LogP contribution in [0.2, 0.25) is 0 Å². The number of nitrogens with zero attached hydrogens (tertiary/aromatic N) is 4. The number of carbonyl (C=O) groups is 1. The Hall–Kier alpha value is -1.08. The number of methoxy groups -OCH3 is 1. The van der Waals surface area contributed by atoms with E-state index in [0.29, 0.717) is 18.4 Å². The van der Waals surface area contributed by atoms with E-state index >= 15 is 0 Å². The second kappa shape index (κ2) is 9.93. The maximum atomic E-state index is 12.6. The molecule has 0 spiro atoms. The third kappa shape index (κ3) is 5.49. The van der Waals surface area contributed by atoms with Crippen LogP contribution in [0.1, 0.15) is 45.4 Å². The molecule has 1 amide bonds. The first-order valence-electron chi connectivity index (χ1n) is 8.55. The van der Waals surface area contributed by atoms with Crippen molar-refractivity contribution in [1.82, 2.24) is 19.7 Å². The lowest BCUT2D eigenvalue weighted by Crippen LogP contribution is -2.42. The topological polar surface area (TPSA) is 60.2 Å². The molecule has 23 heavy (non-hydrogen) atoms. The van der Waals surface area contributed by atoms with Gasteiger partial charge in [0.1, 0.15) is 6.33 Å². The summed E-state index contributed by atoms with van der Waals surface area (Å²) >= 11 is 1.48. The summed E-state index contributed by atoms with van der Waals surface area (Å²) in [6.45, 7) is 4.40. The number of ether oxygens (including phenoxy) is 1. The van der Waals surface area contributed by atoms with E-state index in [-0.39, 0.29) is 5.91 Å². The third-order valence-corrected chi connectivity index (χ3v) is 5.29. The molecule has 0 saturated heterocycles. The number of aromatic nitrogens is 3. The van der Waals surface area contributed by atoms with Crippen LogP contribution in [0.3, 0.4) is 0 Å². The van der Waals surface area contributed by atoms with Crippen molar-refractivity contribution in [3.8, 4) is 0 Å². The third-order valence-electron chi connectivity index (χ3n) is 4.33. The molecule has 1 heterocycles. The van der Waals surface area contributed by atoms with E-state index in [1.54, 1.807) is 13.4 Å². The van der Waals surface area contributed by atoms with Gasteiger partial charge in [-0.25, -0.2) is 0 Å². The standard InChI is InChI=1S/C16H28N4O2S/c1-3-20(14-8-5-4-6-9-14)15(21)12-23-16-18-17-13-19(16)10-7-11-22-2/h13-14H,3-12H2,1-2H3. The van der Waals surface area contributed by atoms with Gasteiger partial charge in [0.05, 0.1) is 5.75 Å². The van der Waals surface area contributed by atoms with Crippen molar-refractivity contribution >= 4 is 17.7 Å². The number of thioether (sulfide) groups is 1. The molecular formula is C16H28N4O2S. The van der Waals surface area contributed by atoms with E-state index in [2.05, 4.69) is 22.0 Å². The first-order chi connectivity index (χ1) is 11.3. The van der Waals surface area contributed by atoms with Gasteiger partial charge in [-0.2, -0.15) is 0 Å².